The fraction of sp³-hybridized carbons (Fsp3) is 0.684. The smallest absolute Gasteiger partial charge is 0.0112 e. The Morgan fingerprint density at radius 1 is 0.905 bits per heavy atom. The van der Waals surface area contributed by atoms with Gasteiger partial charge in [-0.3, -0.25) is 4.90 Å². The Labute approximate surface area is 132 Å². The quantitative estimate of drug-likeness (QED) is 0.678. The van der Waals surface area contributed by atoms with Crippen LogP contribution in [0.15, 0.2) is 24.3 Å². The first kappa shape index (κ1) is 18.2. The van der Waals surface area contributed by atoms with E-state index >= 15 is 0 Å². The molecule has 0 radical (unpaired) electrons. The lowest BCUT2D eigenvalue weighted by Gasteiger charge is -2.27. The van der Waals surface area contributed by atoms with E-state index in [2.05, 4.69) is 75.7 Å². The molecule has 120 valence electrons. The van der Waals surface area contributed by atoms with Crippen LogP contribution in [0.3, 0.4) is 0 Å². The number of benzene rings is 1. The van der Waals surface area contributed by atoms with Crippen molar-refractivity contribution in [1.29, 1.82) is 0 Å². The molecule has 0 fully saturated rings. The van der Waals surface area contributed by atoms with Crippen molar-refractivity contribution in [3.05, 3.63) is 35.4 Å². The van der Waals surface area contributed by atoms with Gasteiger partial charge in [-0.15, -0.1) is 0 Å². The van der Waals surface area contributed by atoms with Crippen LogP contribution in [-0.2, 0) is 6.42 Å². The lowest BCUT2D eigenvalue weighted by Crippen LogP contribution is -2.37. The first-order chi connectivity index (χ1) is 9.93. The summed E-state index contributed by atoms with van der Waals surface area (Å²) in [6, 6.07) is 9.77. The van der Waals surface area contributed by atoms with Crippen molar-refractivity contribution in [2.45, 2.75) is 53.0 Å². The van der Waals surface area contributed by atoms with Gasteiger partial charge < -0.3 is 4.90 Å². The van der Waals surface area contributed by atoms with Gasteiger partial charge in [0.2, 0.25) is 0 Å². The second-order valence-electron chi connectivity index (χ2n) is 6.67. The van der Waals surface area contributed by atoms with E-state index in [9.17, 15) is 0 Å². The number of hydrogen-bond donors (Lipinski definition) is 0. The highest BCUT2D eigenvalue weighted by Gasteiger charge is 2.08. The lowest BCUT2D eigenvalue weighted by atomic mass is 10.0. The van der Waals surface area contributed by atoms with Gasteiger partial charge in [0.25, 0.3) is 0 Å². The first-order valence-electron chi connectivity index (χ1n) is 8.45. The highest BCUT2D eigenvalue weighted by molar-refractivity contribution is 5.24. The van der Waals surface area contributed by atoms with E-state index in [1.54, 1.807) is 0 Å². The molecule has 1 aromatic carbocycles. The Morgan fingerprint density at radius 2 is 1.52 bits per heavy atom. The van der Waals surface area contributed by atoms with Gasteiger partial charge >= 0.3 is 0 Å². The van der Waals surface area contributed by atoms with Crippen LogP contribution in [0.1, 0.15) is 51.7 Å². The Hall–Kier alpha value is -0.860. The third-order valence-electron chi connectivity index (χ3n) is 4.33. The van der Waals surface area contributed by atoms with Crippen molar-refractivity contribution < 1.29 is 0 Å². The maximum atomic E-state index is 2.52. The molecular weight excluding hydrogens is 256 g/mol. The standard InChI is InChI=1S/C19H34N2/c1-7-21(17(4)5)15-14-20(6)13-12-18-8-10-19(11-9-18)16(2)3/h8-11,16-17H,7,12-15H2,1-6H3. The zero-order valence-corrected chi connectivity index (χ0v) is 14.9. The Balaban J connectivity index is 2.34. The molecule has 0 heterocycles. The summed E-state index contributed by atoms with van der Waals surface area (Å²) in [5.41, 5.74) is 2.88. The number of nitrogens with zero attached hydrogens (tertiary/aromatic N) is 2. The summed E-state index contributed by atoms with van der Waals surface area (Å²) >= 11 is 0. The van der Waals surface area contributed by atoms with Gasteiger partial charge in [0.1, 0.15) is 0 Å². The highest BCUT2D eigenvalue weighted by atomic mass is 15.2. The van der Waals surface area contributed by atoms with Gasteiger partial charge in [-0.25, -0.2) is 0 Å². The maximum Gasteiger partial charge on any atom is 0.0112 e. The molecule has 0 N–H and O–H groups in total. The third-order valence-corrected chi connectivity index (χ3v) is 4.33. The van der Waals surface area contributed by atoms with E-state index in [0.717, 1.165) is 32.6 Å². The van der Waals surface area contributed by atoms with Crippen LogP contribution in [0.25, 0.3) is 0 Å². The molecule has 0 aliphatic heterocycles. The van der Waals surface area contributed by atoms with Gasteiger partial charge in [-0.1, -0.05) is 45.0 Å². The summed E-state index contributed by atoms with van der Waals surface area (Å²) in [6.45, 7) is 15.9. The van der Waals surface area contributed by atoms with Crippen molar-refractivity contribution in [3.8, 4) is 0 Å². The molecule has 0 aromatic heterocycles. The van der Waals surface area contributed by atoms with Gasteiger partial charge in [-0.2, -0.15) is 0 Å². The minimum absolute atomic E-state index is 0.623. The van der Waals surface area contributed by atoms with Crippen LogP contribution in [0.2, 0.25) is 0 Å². The average Bonchev–Trinajstić information content (AvgIpc) is 2.45. The molecule has 0 aliphatic carbocycles. The largest absolute Gasteiger partial charge is 0.305 e. The Bertz CT molecular complexity index is 381. The average molecular weight is 290 g/mol. The van der Waals surface area contributed by atoms with E-state index in [4.69, 9.17) is 0 Å². The van der Waals surface area contributed by atoms with E-state index in [1.807, 2.05) is 0 Å². The SMILES string of the molecule is CCN(CCN(C)CCc1ccc(C(C)C)cc1)C(C)C. The molecule has 0 saturated carbocycles. The molecule has 2 heteroatoms. The van der Waals surface area contributed by atoms with Crippen LogP contribution < -0.4 is 0 Å². The second kappa shape index (κ2) is 9.22. The molecule has 0 unspecified atom stereocenters. The molecule has 1 aromatic rings. The Morgan fingerprint density at radius 3 is 2.00 bits per heavy atom. The molecule has 1 rings (SSSR count). The van der Waals surface area contributed by atoms with Crippen molar-refractivity contribution in [3.63, 3.8) is 0 Å². The van der Waals surface area contributed by atoms with Crippen LogP contribution in [-0.4, -0.2) is 49.1 Å². The fourth-order valence-electron chi connectivity index (χ4n) is 2.58. The highest BCUT2D eigenvalue weighted by Crippen LogP contribution is 2.15. The van der Waals surface area contributed by atoms with Crippen LogP contribution >= 0.6 is 0 Å². The summed E-state index contributed by atoms with van der Waals surface area (Å²) < 4.78 is 0. The van der Waals surface area contributed by atoms with Crippen LogP contribution in [0, 0.1) is 0 Å². The summed E-state index contributed by atoms with van der Waals surface area (Å²) in [5.74, 6) is 0.623. The molecule has 0 aliphatic rings. The topological polar surface area (TPSA) is 6.48 Å². The molecule has 0 spiro atoms. The van der Waals surface area contributed by atoms with Gasteiger partial charge in [0.05, 0.1) is 0 Å². The number of hydrogen-bond acceptors (Lipinski definition) is 2. The lowest BCUT2D eigenvalue weighted by molar-refractivity contribution is 0.198. The van der Waals surface area contributed by atoms with E-state index < -0.39 is 0 Å². The zero-order valence-electron chi connectivity index (χ0n) is 14.9. The minimum Gasteiger partial charge on any atom is -0.305 e. The van der Waals surface area contributed by atoms with Crippen molar-refractivity contribution in [1.82, 2.24) is 9.80 Å². The second-order valence-corrected chi connectivity index (χ2v) is 6.67. The fourth-order valence-corrected chi connectivity index (χ4v) is 2.58. The summed E-state index contributed by atoms with van der Waals surface area (Å²) in [5, 5.41) is 0. The zero-order chi connectivity index (χ0) is 15.8. The van der Waals surface area contributed by atoms with Gasteiger partial charge in [0.15, 0.2) is 0 Å². The predicted octanol–water partition coefficient (Wildman–Crippen LogP) is 4.01. The first-order valence-corrected chi connectivity index (χ1v) is 8.45. The number of likely N-dealkylation sites (N-methyl/N-ethyl adjacent to an activating group) is 2. The summed E-state index contributed by atoms with van der Waals surface area (Å²) in [6.07, 6.45) is 1.14. The summed E-state index contributed by atoms with van der Waals surface area (Å²) in [4.78, 5) is 4.97. The molecule has 2 nitrogen and oxygen atoms in total. The monoisotopic (exact) mass is 290 g/mol. The molecule has 0 amide bonds. The van der Waals surface area contributed by atoms with E-state index in [1.165, 1.54) is 11.1 Å². The van der Waals surface area contributed by atoms with E-state index in [-0.39, 0.29) is 0 Å². The van der Waals surface area contributed by atoms with Gasteiger partial charge in [0, 0.05) is 25.7 Å². The third kappa shape index (κ3) is 6.62. The van der Waals surface area contributed by atoms with Crippen LogP contribution in [0.4, 0.5) is 0 Å². The maximum absolute atomic E-state index is 2.52. The molecular formula is C19H34N2. The van der Waals surface area contributed by atoms with Crippen molar-refractivity contribution >= 4 is 0 Å². The molecule has 0 saturated heterocycles. The van der Waals surface area contributed by atoms with E-state index in [0.29, 0.717) is 12.0 Å². The molecule has 21 heavy (non-hydrogen) atoms. The van der Waals surface area contributed by atoms with Crippen LogP contribution in [0.5, 0.6) is 0 Å². The minimum atomic E-state index is 0.623. The Kier molecular flexibility index (Phi) is 7.98. The van der Waals surface area contributed by atoms with Crippen molar-refractivity contribution in [2.24, 2.45) is 0 Å². The van der Waals surface area contributed by atoms with Crippen molar-refractivity contribution in [2.75, 3.05) is 33.2 Å². The normalized spacial score (nSPS) is 12.1. The molecule has 0 bridgehead atoms. The number of rotatable bonds is 9. The van der Waals surface area contributed by atoms with Gasteiger partial charge in [-0.05, 0) is 50.9 Å². The summed E-state index contributed by atoms with van der Waals surface area (Å²) in [7, 11) is 2.23. The predicted molar refractivity (Wildman–Crippen MR) is 94.1 cm³/mol. The molecule has 0 atom stereocenters.